The minimum Gasteiger partial charge on any atom is -0.348 e. The number of nitrogens with zero attached hydrogens (tertiary/aromatic N) is 1. The average molecular weight is 202 g/mol. The van der Waals surface area contributed by atoms with Crippen molar-refractivity contribution in [3.63, 3.8) is 0 Å². The number of carbonyl (C=O) groups is 2. The molecule has 5 heteroatoms. The van der Waals surface area contributed by atoms with Crippen LogP contribution in [0.25, 0.3) is 0 Å². The van der Waals surface area contributed by atoms with Gasteiger partial charge in [-0.2, -0.15) is 12.6 Å². The minimum absolute atomic E-state index is 0.113. The van der Waals surface area contributed by atoms with Crippen LogP contribution in [-0.2, 0) is 9.59 Å². The third-order valence-corrected chi connectivity index (χ3v) is 1.79. The molecule has 0 aliphatic rings. The zero-order valence-corrected chi connectivity index (χ0v) is 8.89. The van der Waals surface area contributed by atoms with Crippen molar-refractivity contribution in [1.82, 2.24) is 5.32 Å². The van der Waals surface area contributed by atoms with Gasteiger partial charge in [0, 0.05) is 17.5 Å². The SMILES string of the molecule is CCNC(=O)C(=O)/N=C(\C)C(C)S. The van der Waals surface area contributed by atoms with Gasteiger partial charge < -0.3 is 5.32 Å². The Hall–Kier alpha value is -0.840. The highest BCUT2D eigenvalue weighted by atomic mass is 32.1. The van der Waals surface area contributed by atoms with Gasteiger partial charge in [0.05, 0.1) is 0 Å². The molecule has 0 rings (SSSR count). The Balaban J connectivity index is 4.29. The zero-order valence-electron chi connectivity index (χ0n) is 8.00. The van der Waals surface area contributed by atoms with Crippen LogP contribution in [0, 0.1) is 0 Å². The average Bonchev–Trinajstić information content (AvgIpc) is 2.04. The van der Waals surface area contributed by atoms with Crippen LogP contribution in [0.4, 0.5) is 0 Å². The summed E-state index contributed by atoms with van der Waals surface area (Å²) in [6.07, 6.45) is 0. The predicted molar refractivity (Wildman–Crippen MR) is 55.2 cm³/mol. The van der Waals surface area contributed by atoms with Crippen LogP contribution >= 0.6 is 12.6 Å². The molecule has 0 aromatic carbocycles. The van der Waals surface area contributed by atoms with Crippen molar-refractivity contribution in [2.75, 3.05) is 6.54 Å². The van der Waals surface area contributed by atoms with Gasteiger partial charge in [-0.15, -0.1) is 0 Å². The Morgan fingerprint density at radius 3 is 2.46 bits per heavy atom. The van der Waals surface area contributed by atoms with Gasteiger partial charge in [0.15, 0.2) is 0 Å². The van der Waals surface area contributed by atoms with E-state index < -0.39 is 11.8 Å². The molecule has 2 amide bonds. The second-order valence-corrected chi connectivity index (χ2v) is 3.37. The van der Waals surface area contributed by atoms with Gasteiger partial charge in [0.1, 0.15) is 0 Å². The van der Waals surface area contributed by atoms with E-state index >= 15 is 0 Å². The van der Waals surface area contributed by atoms with Crippen molar-refractivity contribution in [1.29, 1.82) is 0 Å². The predicted octanol–water partition coefficient (Wildman–Crippen LogP) is 0.428. The largest absolute Gasteiger partial charge is 0.348 e. The normalized spacial score (nSPS) is 13.7. The Morgan fingerprint density at radius 2 is 2.08 bits per heavy atom. The molecule has 0 bridgehead atoms. The molecule has 1 atom stereocenters. The monoisotopic (exact) mass is 202 g/mol. The molecule has 0 aliphatic carbocycles. The Kier molecular flexibility index (Phi) is 5.37. The van der Waals surface area contributed by atoms with Crippen LogP contribution < -0.4 is 5.32 Å². The topological polar surface area (TPSA) is 58.5 Å². The maximum Gasteiger partial charge on any atom is 0.334 e. The minimum atomic E-state index is -0.764. The van der Waals surface area contributed by atoms with Gasteiger partial charge in [-0.1, -0.05) is 0 Å². The second kappa shape index (κ2) is 5.75. The van der Waals surface area contributed by atoms with Crippen LogP contribution in [-0.4, -0.2) is 29.3 Å². The molecule has 13 heavy (non-hydrogen) atoms. The molecular formula is C8H14N2O2S. The fraction of sp³-hybridized carbons (Fsp3) is 0.625. The standard InChI is InChI=1S/C8H14N2O2S/c1-4-9-7(11)8(12)10-5(2)6(3)13/h6,13H,4H2,1-3H3,(H,9,11)/b10-5+. The lowest BCUT2D eigenvalue weighted by molar-refractivity contribution is -0.137. The van der Waals surface area contributed by atoms with E-state index in [2.05, 4.69) is 22.9 Å². The molecule has 1 N–H and O–H groups in total. The fourth-order valence-electron chi connectivity index (χ4n) is 0.541. The third-order valence-electron chi connectivity index (χ3n) is 1.41. The maximum atomic E-state index is 11.0. The molecule has 0 aromatic heterocycles. The summed E-state index contributed by atoms with van der Waals surface area (Å²) in [6.45, 7) is 5.61. The summed E-state index contributed by atoms with van der Waals surface area (Å²) in [5, 5.41) is 2.26. The van der Waals surface area contributed by atoms with Gasteiger partial charge in [-0.3, -0.25) is 9.59 Å². The van der Waals surface area contributed by atoms with E-state index in [0.29, 0.717) is 12.3 Å². The van der Waals surface area contributed by atoms with E-state index in [1.54, 1.807) is 20.8 Å². The molecule has 0 aliphatic heterocycles. The van der Waals surface area contributed by atoms with Crippen molar-refractivity contribution in [3.05, 3.63) is 0 Å². The number of nitrogens with one attached hydrogen (secondary N) is 1. The van der Waals surface area contributed by atoms with Crippen molar-refractivity contribution >= 4 is 30.2 Å². The van der Waals surface area contributed by atoms with Gasteiger partial charge in [0.2, 0.25) is 0 Å². The summed E-state index contributed by atoms with van der Waals surface area (Å²) >= 11 is 4.07. The molecule has 0 saturated heterocycles. The quantitative estimate of drug-likeness (QED) is 0.387. The highest BCUT2D eigenvalue weighted by molar-refractivity contribution is 7.81. The van der Waals surface area contributed by atoms with E-state index in [0.717, 1.165) is 0 Å². The Labute approximate surface area is 83.2 Å². The Morgan fingerprint density at radius 1 is 1.54 bits per heavy atom. The molecule has 0 saturated carbocycles. The first-order chi connectivity index (χ1) is 5.99. The van der Waals surface area contributed by atoms with Gasteiger partial charge >= 0.3 is 11.8 Å². The van der Waals surface area contributed by atoms with E-state index in [4.69, 9.17) is 0 Å². The third kappa shape index (κ3) is 4.67. The Bertz CT molecular complexity index is 236. The molecule has 0 heterocycles. The smallest absolute Gasteiger partial charge is 0.334 e. The van der Waals surface area contributed by atoms with Crippen LogP contribution in [0.5, 0.6) is 0 Å². The molecular weight excluding hydrogens is 188 g/mol. The van der Waals surface area contributed by atoms with E-state index in [9.17, 15) is 9.59 Å². The van der Waals surface area contributed by atoms with E-state index in [1.807, 2.05) is 0 Å². The van der Waals surface area contributed by atoms with Gasteiger partial charge in [-0.25, -0.2) is 4.99 Å². The molecule has 0 aromatic rings. The summed E-state index contributed by atoms with van der Waals surface area (Å²) in [4.78, 5) is 25.5. The van der Waals surface area contributed by atoms with Crippen molar-refractivity contribution in [2.24, 2.45) is 4.99 Å². The summed E-state index contributed by atoms with van der Waals surface area (Å²) < 4.78 is 0. The number of hydrogen-bond acceptors (Lipinski definition) is 3. The molecule has 0 fully saturated rings. The van der Waals surface area contributed by atoms with Crippen molar-refractivity contribution in [3.8, 4) is 0 Å². The van der Waals surface area contributed by atoms with Crippen molar-refractivity contribution < 1.29 is 9.59 Å². The lowest BCUT2D eigenvalue weighted by atomic mass is 10.3. The molecule has 0 radical (unpaired) electrons. The first-order valence-corrected chi connectivity index (χ1v) is 4.56. The number of thiol groups is 1. The lowest BCUT2D eigenvalue weighted by Crippen LogP contribution is -2.30. The fourth-order valence-corrected chi connectivity index (χ4v) is 0.598. The first-order valence-electron chi connectivity index (χ1n) is 4.04. The van der Waals surface area contributed by atoms with E-state index in [-0.39, 0.29) is 5.25 Å². The summed E-state index contributed by atoms with van der Waals surface area (Å²) in [6, 6.07) is 0. The van der Waals surface area contributed by atoms with Gasteiger partial charge in [0.25, 0.3) is 0 Å². The van der Waals surface area contributed by atoms with Gasteiger partial charge in [-0.05, 0) is 20.8 Å². The van der Waals surface area contributed by atoms with Crippen LogP contribution in [0.3, 0.4) is 0 Å². The molecule has 1 unspecified atom stereocenters. The number of likely N-dealkylation sites (N-methyl/N-ethyl adjacent to an activating group) is 1. The second-order valence-electron chi connectivity index (χ2n) is 2.59. The highest BCUT2D eigenvalue weighted by Gasteiger charge is 2.11. The number of rotatable bonds is 2. The van der Waals surface area contributed by atoms with E-state index in [1.165, 1.54) is 0 Å². The summed E-state index contributed by atoms with van der Waals surface area (Å²) in [5.74, 6) is -1.43. The molecule has 74 valence electrons. The van der Waals surface area contributed by atoms with Crippen LogP contribution in [0.2, 0.25) is 0 Å². The maximum absolute atomic E-state index is 11.0. The number of amides is 2. The summed E-state index contributed by atoms with van der Waals surface area (Å²) in [5.41, 5.74) is 0.541. The lowest BCUT2D eigenvalue weighted by Gasteiger charge is -2.02. The number of carbonyl (C=O) groups excluding carboxylic acids is 2. The highest BCUT2D eigenvalue weighted by Crippen LogP contribution is 1.96. The zero-order chi connectivity index (χ0) is 10.4. The van der Waals surface area contributed by atoms with Crippen LogP contribution in [0.1, 0.15) is 20.8 Å². The molecule has 4 nitrogen and oxygen atoms in total. The first kappa shape index (κ1) is 12.2. The molecule has 0 spiro atoms. The van der Waals surface area contributed by atoms with Crippen molar-refractivity contribution in [2.45, 2.75) is 26.0 Å². The van der Waals surface area contributed by atoms with Crippen LogP contribution in [0.15, 0.2) is 4.99 Å². The number of aliphatic imine (C=N–C) groups is 1. The number of hydrogen-bond donors (Lipinski definition) is 2. The summed E-state index contributed by atoms with van der Waals surface area (Å²) in [7, 11) is 0.